The van der Waals surface area contributed by atoms with Crippen LogP contribution in [-0.4, -0.2) is 0 Å². The Morgan fingerprint density at radius 2 is 1.79 bits per heavy atom. The molecule has 0 aliphatic rings. The molecule has 0 aliphatic carbocycles. The van der Waals surface area contributed by atoms with Crippen LogP contribution in [0, 0.1) is 11.6 Å². The first-order valence-electron chi connectivity index (χ1n) is 5.19. The molecule has 2 rings (SSSR count). The molecule has 19 heavy (non-hydrogen) atoms. The Morgan fingerprint density at radius 1 is 1.05 bits per heavy atom. The predicted molar refractivity (Wildman–Crippen MR) is 74.9 cm³/mol. The van der Waals surface area contributed by atoms with Crippen LogP contribution in [0.3, 0.4) is 0 Å². The average Bonchev–Trinajstić information content (AvgIpc) is 2.38. The van der Waals surface area contributed by atoms with E-state index < -0.39 is 11.6 Å². The highest BCUT2D eigenvalue weighted by Crippen LogP contribution is 2.28. The summed E-state index contributed by atoms with van der Waals surface area (Å²) < 4.78 is 32.7. The van der Waals surface area contributed by atoms with Crippen LogP contribution in [0.4, 0.5) is 8.78 Å². The van der Waals surface area contributed by atoms with E-state index >= 15 is 0 Å². The third kappa shape index (κ3) is 3.38. The van der Waals surface area contributed by atoms with Gasteiger partial charge in [-0.15, -0.1) is 0 Å². The Balaban J connectivity index is 2.19. The molecule has 0 unspecified atom stereocenters. The van der Waals surface area contributed by atoms with Gasteiger partial charge in [-0.05, 0) is 40.2 Å². The minimum Gasteiger partial charge on any atom is -0.489 e. The van der Waals surface area contributed by atoms with E-state index in [9.17, 15) is 8.78 Å². The Hall–Kier alpha value is -0.840. The van der Waals surface area contributed by atoms with Crippen LogP contribution in [0.25, 0.3) is 0 Å². The highest BCUT2D eigenvalue weighted by atomic mass is 79.9. The molecule has 0 spiro atoms. The van der Waals surface area contributed by atoms with Gasteiger partial charge in [0.1, 0.15) is 24.0 Å². The Kier molecular flexibility index (Phi) is 4.66. The second-order valence-electron chi connectivity index (χ2n) is 3.69. The molecule has 0 amide bonds. The summed E-state index contributed by atoms with van der Waals surface area (Å²) in [5, 5.41) is 0.697. The van der Waals surface area contributed by atoms with E-state index in [0.717, 1.165) is 0 Å². The molecule has 0 aromatic heterocycles. The molecule has 100 valence electrons. The van der Waals surface area contributed by atoms with Crippen LogP contribution in [0.5, 0.6) is 5.75 Å². The van der Waals surface area contributed by atoms with E-state index in [2.05, 4.69) is 15.9 Å². The molecule has 2 aromatic rings. The van der Waals surface area contributed by atoms with Crippen molar-refractivity contribution in [1.29, 1.82) is 0 Å². The molecule has 0 saturated carbocycles. The van der Waals surface area contributed by atoms with Crippen LogP contribution in [0.2, 0.25) is 10.0 Å². The normalized spacial score (nSPS) is 10.6. The minimum absolute atomic E-state index is 0.152. The standard InChI is InChI=1S/C13H7BrCl2F2O/c14-9-2-4-12(17)8(13(9)18)6-19-7-1-3-10(15)11(16)5-7/h1-5H,6H2. The molecule has 0 fully saturated rings. The van der Waals surface area contributed by atoms with Crippen LogP contribution in [0.1, 0.15) is 5.56 Å². The van der Waals surface area contributed by atoms with Crippen molar-refractivity contribution in [1.82, 2.24) is 0 Å². The molecule has 0 aliphatic heterocycles. The lowest BCUT2D eigenvalue weighted by molar-refractivity contribution is 0.292. The fraction of sp³-hybridized carbons (Fsp3) is 0.0769. The molecule has 6 heteroatoms. The van der Waals surface area contributed by atoms with Crippen molar-refractivity contribution in [2.75, 3.05) is 0 Å². The van der Waals surface area contributed by atoms with Crippen molar-refractivity contribution >= 4 is 39.1 Å². The number of benzene rings is 2. The van der Waals surface area contributed by atoms with Crippen molar-refractivity contribution in [3.8, 4) is 5.75 Å². The zero-order valence-electron chi connectivity index (χ0n) is 9.39. The third-order valence-corrected chi connectivity index (χ3v) is 3.76. The first-order chi connectivity index (χ1) is 8.99. The monoisotopic (exact) mass is 366 g/mol. The van der Waals surface area contributed by atoms with E-state index in [1.54, 1.807) is 12.1 Å². The van der Waals surface area contributed by atoms with Gasteiger partial charge in [-0.3, -0.25) is 0 Å². The van der Waals surface area contributed by atoms with Gasteiger partial charge in [0.2, 0.25) is 0 Å². The maximum Gasteiger partial charge on any atom is 0.146 e. The van der Waals surface area contributed by atoms with Gasteiger partial charge in [-0.1, -0.05) is 23.2 Å². The lowest BCUT2D eigenvalue weighted by atomic mass is 10.2. The molecule has 2 aromatic carbocycles. The predicted octanol–water partition coefficient (Wildman–Crippen LogP) is 5.61. The second-order valence-corrected chi connectivity index (χ2v) is 5.36. The second kappa shape index (κ2) is 6.07. The molecule has 0 bridgehead atoms. The third-order valence-electron chi connectivity index (χ3n) is 2.41. The number of hydrogen-bond acceptors (Lipinski definition) is 1. The molecule has 0 saturated heterocycles. The van der Waals surface area contributed by atoms with Crippen molar-refractivity contribution in [2.24, 2.45) is 0 Å². The summed E-state index contributed by atoms with van der Waals surface area (Å²) in [7, 11) is 0. The van der Waals surface area contributed by atoms with E-state index in [0.29, 0.717) is 15.8 Å². The smallest absolute Gasteiger partial charge is 0.146 e. The molecule has 0 radical (unpaired) electrons. The number of rotatable bonds is 3. The van der Waals surface area contributed by atoms with Crippen LogP contribution < -0.4 is 4.74 Å². The maximum absolute atomic E-state index is 13.7. The summed E-state index contributed by atoms with van der Waals surface area (Å²) in [6.07, 6.45) is 0. The topological polar surface area (TPSA) is 9.23 Å². The van der Waals surface area contributed by atoms with Crippen molar-refractivity contribution in [3.05, 3.63) is 62.0 Å². The van der Waals surface area contributed by atoms with Crippen LogP contribution >= 0.6 is 39.1 Å². The summed E-state index contributed by atoms with van der Waals surface area (Å²) in [5.41, 5.74) is -0.152. The first kappa shape index (κ1) is 14.6. The lowest BCUT2D eigenvalue weighted by Crippen LogP contribution is -2.02. The molecule has 0 atom stereocenters. The summed E-state index contributed by atoms with van der Waals surface area (Å²) in [4.78, 5) is 0. The zero-order chi connectivity index (χ0) is 14.0. The highest BCUT2D eigenvalue weighted by Gasteiger charge is 2.13. The van der Waals surface area contributed by atoms with Gasteiger partial charge >= 0.3 is 0 Å². The minimum atomic E-state index is -0.680. The first-order valence-corrected chi connectivity index (χ1v) is 6.74. The molecule has 0 N–H and O–H groups in total. The van der Waals surface area contributed by atoms with E-state index in [-0.39, 0.29) is 16.6 Å². The molecular formula is C13H7BrCl2F2O. The van der Waals surface area contributed by atoms with E-state index in [4.69, 9.17) is 27.9 Å². The zero-order valence-corrected chi connectivity index (χ0v) is 12.5. The van der Waals surface area contributed by atoms with Crippen molar-refractivity contribution < 1.29 is 13.5 Å². The number of ether oxygens (including phenoxy) is 1. The number of halogens is 5. The van der Waals surface area contributed by atoms with Gasteiger partial charge in [0.15, 0.2) is 0 Å². The lowest BCUT2D eigenvalue weighted by Gasteiger charge is -2.09. The summed E-state index contributed by atoms with van der Waals surface area (Å²) in [6, 6.07) is 7.07. The van der Waals surface area contributed by atoms with Gasteiger partial charge in [0, 0.05) is 6.07 Å². The van der Waals surface area contributed by atoms with Gasteiger partial charge in [0.25, 0.3) is 0 Å². The fourth-order valence-electron chi connectivity index (χ4n) is 1.42. The van der Waals surface area contributed by atoms with Crippen LogP contribution in [-0.2, 0) is 6.61 Å². The van der Waals surface area contributed by atoms with Crippen LogP contribution in [0.15, 0.2) is 34.8 Å². The largest absolute Gasteiger partial charge is 0.489 e. The van der Waals surface area contributed by atoms with Gasteiger partial charge < -0.3 is 4.74 Å². The Labute approximate surface area is 127 Å². The number of hydrogen-bond donors (Lipinski definition) is 0. The maximum atomic E-state index is 13.7. The van der Waals surface area contributed by atoms with E-state index in [1.165, 1.54) is 18.2 Å². The Morgan fingerprint density at radius 3 is 2.47 bits per heavy atom. The summed E-state index contributed by atoms with van der Waals surface area (Å²) in [6.45, 7) is -0.241. The summed E-state index contributed by atoms with van der Waals surface area (Å²) in [5.74, 6) is -0.964. The summed E-state index contributed by atoms with van der Waals surface area (Å²) >= 11 is 14.6. The average molecular weight is 368 g/mol. The van der Waals surface area contributed by atoms with Crippen molar-refractivity contribution in [3.63, 3.8) is 0 Å². The SMILES string of the molecule is Fc1ccc(Br)c(F)c1COc1ccc(Cl)c(Cl)c1. The molecule has 1 nitrogen and oxygen atoms in total. The highest BCUT2D eigenvalue weighted by molar-refractivity contribution is 9.10. The van der Waals surface area contributed by atoms with E-state index in [1.807, 2.05) is 0 Å². The quantitative estimate of drug-likeness (QED) is 0.640. The van der Waals surface area contributed by atoms with Gasteiger partial charge in [-0.2, -0.15) is 0 Å². The van der Waals surface area contributed by atoms with Gasteiger partial charge in [0.05, 0.1) is 20.1 Å². The molecule has 0 heterocycles. The Bertz CT molecular complexity index is 620. The van der Waals surface area contributed by atoms with Gasteiger partial charge in [-0.25, -0.2) is 8.78 Å². The fourth-order valence-corrected chi connectivity index (χ4v) is 2.08. The molecular weight excluding hydrogens is 361 g/mol. The van der Waals surface area contributed by atoms with Crippen molar-refractivity contribution in [2.45, 2.75) is 6.61 Å².